The molecule has 2 nitrogen and oxygen atoms in total. The molecule has 0 N–H and O–H groups in total. The number of fused-ring (bicyclic) bond motifs is 1. The van der Waals surface area contributed by atoms with Crippen LogP contribution in [-0.2, 0) is 4.79 Å². The molecule has 0 bridgehead atoms. The number of unbranched alkanes of at least 4 members (excludes halogenated alkanes) is 1. The van der Waals surface area contributed by atoms with E-state index < -0.39 is 0 Å². The smallest absolute Gasteiger partial charge is 0.225 e. The summed E-state index contributed by atoms with van der Waals surface area (Å²) in [6, 6.07) is 0. The van der Waals surface area contributed by atoms with Gasteiger partial charge in [-0.25, -0.2) is 0 Å². The van der Waals surface area contributed by atoms with Gasteiger partial charge in [-0.15, -0.1) is 0 Å². The first-order chi connectivity index (χ1) is 7.76. The molecule has 0 heterocycles. The molecule has 0 aliphatic heterocycles. The number of hydrogen-bond donors (Lipinski definition) is 0. The number of carbonyl (C=O) groups is 1. The molecule has 0 spiro atoms. The predicted molar refractivity (Wildman–Crippen MR) is 69.6 cm³/mol. The van der Waals surface area contributed by atoms with E-state index in [0.717, 1.165) is 36.7 Å². The van der Waals surface area contributed by atoms with Crippen molar-refractivity contribution in [1.82, 2.24) is 4.90 Å². The molecular formula is C13H22BrNO. The van der Waals surface area contributed by atoms with Crippen molar-refractivity contribution in [2.75, 3.05) is 18.4 Å². The molecule has 92 valence electrons. The van der Waals surface area contributed by atoms with E-state index in [1.165, 1.54) is 25.7 Å². The molecule has 0 aromatic carbocycles. The van der Waals surface area contributed by atoms with Crippen LogP contribution in [-0.4, -0.2) is 29.2 Å². The lowest BCUT2D eigenvalue weighted by Crippen LogP contribution is -2.37. The van der Waals surface area contributed by atoms with Crippen molar-refractivity contribution in [2.24, 2.45) is 17.8 Å². The Morgan fingerprint density at radius 2 is 1.94 bits per heavy atom. The van der Waals surface area contributed by atoms with Crippen molar-refractivity contribution >= 4 is 21.8 Å². The maximum absolute atomic E-state index is 12.3. The molecule has 2 rings (SSSR count). The Balaban J connectivity index is 1.83. The summed E-state index contributed by atoms with van der Waals surface area (Å²) in [5, 5.41) is 0.905. The minimum Gasteiger partial charge on any atom is -0.342 e. The van der Waals surface area contributed by atoms with Crippen LogP contribution in [0.3, 0.4) is 0 Å². The van der Waals surface area contributed by atoms with Gasteiger partial charge in [-0.05, 0) is 37.5 Å². The summed E-state index contributed by atoms with van der Waals surface area (Å²) >= 11 is 3.45. The third kappa shape index (κ3) is 2.79. The number of hydrogen-bond acceptors (Lipinski definition) is 1. The molecule has 0 aromatic heterocycles. The molecule has 2 aliphatic carbocycles. The number of nitrogens with zero attached hydrogens (tertiary/aromatic N) is 1. The van der Waals surface area contributed by atoms with Gasteiger partial charge in [0.15, 0.2) is 0 Å². The standard InChI is InChI=1S/C13H22BrNO/c1-2-3-5-15(6-4-14)13(16)12-8-10-7-11(10)9-12/h10-12H,2-9H2,1H3. The van der Waals surface area contributed by atoms with E-state index in [1.54, 1.807) is 0 Å². The van der Waals surface area contributed by atoms with Gasteiger partial charge in [0, 0.05) is 24.3 Å². The Morgan fingerprint density at radius 1 is 1.25 bits per heavy atom. The van der Waals surface area contributed by atoms with E-state index in [0.29, 0.717) is 11.8 Å². The van der Waals surface area contributed by atoms with Crippen LogP contribution in [0.25, 0.3) is 0 Å². The van der Waals surface area contributed by atoms with Gasteiger partial charge in [0.05, 0.1) is 0 Å². The predicted octanol–water partition coefficient (Wildman–Crippen LogP) is 3.06. The molecule has 0 aromatic rings. The largest absolute Gasteiger partial charge is 0.342 e. The summed E-state index contributed by atoms with van der Waals surface area (Å²) in [5.41, 5.74) is 0. The molecule has 16 heavy (non-hydrogen) atoms. The molecule has 2 fully saturated rings. The van der Waals surface area contributed by atoms with Crippen molar-refractivity contribution in [1.29, 1.82) is 0 Å². The zero-order chi connectivity index (χ0) is 11.5. The average Bonchev–Trinajstić information content (AvgIpc) is 2.90. The topological polar surface area (TPSA) is 20.3 Å². The highest BCUT2D eigenvalue weighted by atomic mass is 79.9. The molecule has 3 heteroatoms. The maximum Gasteiger partial charge on any atom is 0.225 e. The van der Waals surface area contributed by atoms with E-state index >= 15 is 0 Å². The SMILES string of the molecule is CCCCN(CCBr)C(=O)C1CC2CC2C1. The molecule has 2 atom stereocenters. The minimum absolute atomic E-state index is 0.361. The van der Waals surface area contributed by atoms with Crippen molar-refractivity contribution in [3.05, 3.63) is 0 Å². The number of alkyl halides is 1. The third-order valence-corrected chi connectivity index (χ3v) is 4.40. The summed E-state index contributed by atoms with van der Waals surface area (Å²) in [7, 11) is 0. The van der Waals surface area contributed by atoms with Crippen LogP contribution in [0.2, 0.25) is 0 Å². The van der Waals surface area contributed by atoms with Crippen LogP contribution in [0.5, 0.6) is 0 Å². The van der Waals surface area contributed by atoms with Gasteiger partial charge in [0.1, 0.15) is 0 Å². The Morgan fingerprint density at radius 3 is 2.50 bits per heavy atom. The molecule has 2 saturated carbocycles. The van der Waals surface area contributed by atoms with Crippen molar-refractivity contribution < 1.29 is 4.79 Å². The molecule has 0 radical (unpaired) electrons. The lowest BCUT2D eigenvalue weighted by atomic mass is 10.0. The van der Waals surface area contributed by atoms with E-state index in [-0.39, 0.29) is 0 Å². The van der Waals surface area contributed by atoms with Gasteiger partial charge >= 0.3 is 0 Å². The second-order valence-corrected chi connectivity index (χ2v) is 6.09. The molecule has 0 saturated heterocycles. The highest BCUT2D eigenvalue weighted by Gasteiger charge is 2.48. The molecule has 1 amide bonds. The Labute approximate surface area is 107 Å². The first-order valence-electron chi connectivity index (χ1n) is 6.61. The van der Waals surface area contributed by atoms with Crippen LogP contribution >= 0.6 is 15.9 Å². The molecular weight excluding hydrogens is 266 g/mol. The number of rotatable bonds is 6. The van der Waals surface area contributed by atoms with Crippen molar-refractivity contribution in [3.63, 3.8) is 0 Å². The first kappa shape index (κ1) is 12.4. The fourth-order valence-corrected chi connectivity index (χ4v) is 3.39. The summed E-state index contributed by atoms with van der Waals surface area (Å²) in [5.74, 6) is 2.61. The fourth-order valence-electron chi connectivity index (χ4n) is 2.96. The van der Waals surface area contributed by atoms with E-state index in [1.807, 2.05) is 0 Å². The van der Waals surface area contributed by atoms with Crippen LogP contribution in [0.1, 0.15) is 39.0 Å². The van der Waals surface area contributed by atoms with E-state index in [2.05, 4.69) is 27.8 Å². The van der Waals surface area contributed by atoms with Gasteiger partial charge in [0.25, 0.3) is 0 Å². The second kappa shape index (κ2) is 5.52. The summed E-state index contributed by atoms with van der Waals surface area (Å²) < 4.78 is 0. The first-order valence-corrected chi connectivity index (χ1v) is 7.73. The lowest BCUT2D eigenvalue weighted by Gasteiger charge is -2.25. The maximum atomic E-state index is 12.3. The van der Waals surface area contributed by atoms with Crippen molar-refractivity contribution in [3.8, 4) is 0 Å². The van der Waals surface area contributed by atoms with Crippen molar-refractivity contribution in [2.45, 2.75) is 39.0 Å². The second-order valence-electron chi connectivity index (χ2n) is 5.29. The fraction of sp³-hybridized carbons (Fsp3) is 0.923. The normalized spacial score (nSPS) is 31.2. The Hall–Kier alpha value is -0.0500. The Bertz CT molecular complexity index is 246. The quantitative estimate of drug-likeness (QED) is 0.688. The van der Waals surface area contributed by atoms with Crippen LogP contribution in [0.4, 0.5) is 0 Å². The summed E-state index contributed by atoms with van der Waals surface area (Å²) in [6.45, 7) is 4.01. The highest BCUT2D eigenvalue weighted by molar-refractivity contribution is 9.09. The molecule has 2 aliphatic rings. The number of halogens is 1. The third-order valence-electron chi connectivity index (χ3n) is 4.04. The van der Waals surface area contributed by atoms with Gasteiger partial charge in [0.2, 0.25) is 5.91 Å². The zero-order valence-corrected chi connectivity index (χ0v) is 11.7. The molecule has 2 unspecified atom stereocenters. The minimum atomic E-state index is 0.361. The van der Waals surface area contributed by atoms with Gasteiger partial charge in [-0.3, -0.25) is 4.79 Å². The van der Waals surface area contributed by atoms with E-state index in [9.17, 15) is 4.79 Å². The highest BCUT2D eigenvalue weighted by Crippen LogP contribution is 2.54. The lowest BCUT2D eigenvalue weighted by molar-refractivity contribution is -0.135. The van der Waals surface area contributed by atoms with Gasteiger partial charge in [-0.1, -0.05) is 29.3 Å². The summed E-state index contributed by atoms with van der Waals surface area (Å²) in [6.07, 6.45) is 6.06. The monoisotopic (exact) mass is 287 g/mol. The average molecular weight is 288 g/mol. The Kier molecular flexibility index (Phi) is 4.28. The van der Waals surface area contributed by atoms with E-state index in [4.69, 9.17) is 0 Å². The number of amides is 1. The summed E-state index contributed by atoms with van der Waals surface area (Å²) in [4.78, 5) is 14.4. The zero-order valence-electron chi connectivity index (χ0n) is 10.1. The number of carbonyl (C=O) groups excluding carboxylic acids is 1. The van der Waals surface area contributed by atoms with Crippen LogP contribution in [0.15, 0.2) is 0 Å². The van der Waals surface area contributed by atoms with Crippen LogP contribution in [0, 0.1) is 17.8 Å². The van der Waals surface area contributed by atoms with Gasteiger partial charge < -0.3 is 4.90 Å². The van der Waals surface area contributed by atoms with Crippen LogP contribution < -0.4 is 0 Å². The van der Waals surface area contributed by atoms with Gasteiger partial charge in [-0.2, -0.15) is 0 Å².